The quantitative estimate of drug-likeness (QED) is 0.186. The van der Waals surface area contributed by atoms with E-state index in [0.29, 0.717) is 25.3 Å². The van der Waals surface area contributed by atoms with Crippen LogP contribution in [0.4, 0.5) is 0 Å². The average Bonchev–Trinajstić information content (AvgIpc) is 3.66. The minimum atomic E-state index is -1.91. The number of nitrogens with one attached hydrogen (secondary N) is 3. The summed E-state index contributed by atoms with van der Waals surface area (Å²) in [5.74, 6) is -1.38. The van der Waals surface area contributed by atoms with Crippen molar-refractivity contribution in [3.8, 4) is 0 Å². The molecule has 42 heavy (non-hydrogen) atoms. The van der Waals surface area contributed by atoms with Crippen LogP contribution in [0.15, 0.2) is 42.9 Å². The molecule has 2 aromatic rings. The van der Waals surface area contributed by atoms with Crippen LogP contribution >= 0.6 is 0 Å². The molecule has 1 saturated heterocycles. The molecule has 1 saturated carbocycles. The highest BCUT2D eigenvalue weighted by Crippen LogP contribution is 2.28. The summed E-state index contributed by atoms with van der Waals surface area (Å²) in [4.78, 5) is 48.2. The molecule has 1 aromatic carbocycles. The van der Waals surface area contributed by atoms with Crippen LogP contribution in [0.25, 0.3) is 0 Å². The van der Waals surface area contributed by atoms with Gasteiger partial charge in [-0.15, -0.1) is 0 Å². The first-order valence-electron chi connectivity index (χ1n) is 15.4. The molecule has 230 valence electrons. The molecule has 1 aromatic heterocycles. The Morgan fingerprint density at radius 1 is 1.17 bits per heavy atom. The number of ketones is 1. The largest absolute Gasteiger partial charge is 0.354 e. The van der Waals surface area contributed by atoms with Crippen molar-refractivity contribution in [3.05, 3.63) is 54.1 Å². The number of carbonyl (C=O) groups is 3. The van der Waals surface area contributed by atoms with Gasteiger partial charge in [0.25, 0.3) is 0 Å². The molecule has 0 bridgehead atoms. The number of benzene rings is 1. The molecular formula is C32H47N5O5. The number of carbonyl (C=O) groups excluding carboxylic acids is 3. The number of ether oxygens (including phenoxy) is 2. The van der Waals surface area contributed by atoms with Gasteiger partial charge in [-0.25, -0.2) is 4.98 Å². The van der Waals surface area contributed by atoms with Gasteiger partial charge in [0.1, 0.15) is 0 Å². The summed E-state index contributed by atoms with van der Waals surface area (Å²) in [6.45, 7) is 5.06. The van der Waals surface area contributed by atoms with Crippen LogP contribution < -0.4 is 16.4 Å². The maximum Gasteiger partial charge on any atom is 0.248 e. The van der Waals surface area contributed by atoms with Gasteiger partial charge in [0.05, 0.1) is 24.6 Å². The number of unbranched alkanes of at least 4 members (excludes halogenated alkanes) is 1. The highest BCUT2D eigenvalue weighted by Gasteiger charge is 2.46. The van der Waals surface area contributed by atoms with Crippen LogP contribution in [0.2, 0.25) is 0 Å². The number of hydrogen-bond acceptors (Lipinski definition) is 7. The fourth-order valence-electron chi connectivity index (χ4n) is 5.76. The van der Waals surface area contributed by atoms with Crippen LogP contribution in [0, 0.1) is 5.92 Å². The molecule has 1 aliphatic carbocycles. The molecule has 0 radical (unpaired) electrons. The number of imidazole rings is 1. The second-order valence-corrected chi connectivity index (χ2v) is 12.1. The molecule has 10 nitrogen and oxygen atoms in total. The van der Waals surface area contributed by atoms with E-state index in [4.69, 9.17) is 15.2 Å². The Labute approximate surface area is 248 Å². The lowest BCUT2D eigenvalue weighted by molar-refractivity contribution is -0.139. The number of nitrogens with two attached hydrogens (primary N) is 1. The van der Waals surface area contributed by atoms with Gasteiger partial charge in [0, 0.05) is 30.8 Å². The van der Waals surface area contributed by atoms with Crippen LogP contribution in [0.1, 0.15) is 82.9 Å². The summed E-state index contributed by atoms with van der Waals surface area (Å²) >= 11 is 0. The summed E-state index contributed by atoms with van der Waals surface area (Å²) in [6, 6.07) is 8.52. The van der Waals surface area contributed by atoms with E-state index in [1.54, 1.807) is 6.20 Å². The molecule has 2 fully saturated rings. The maximum atomic E-state index is 14.2. The van der Waals surface area contributed by atoms with Crippen molar-refractivity contribution >= 4 is 17.6 Å². The fourth-order valence-corrected chi connectivity index (χ4v) is 5.76. The molecule has 2 heterocycles. The Morgan fingerprint density at radius 3 is 2.60 bits per heavy atom. The average molecular weight is 582 g/mol. The number of amides is 2. The van der Waals surface area contributed by atoms with Gasteiger partial charge in [-0.05, 0) is 57.4 Å². The zero-order valence-electron chi connectivity index (χ0n) is 25.0. The van der Waals surface area contributed by atoms with E-state index >= 15 is 0 Å². The summed E-state index contributed by atoms with van der Waals surface area (Å²) in [5.41, 5.74) is 6.03. The third-order valence-corrected chi connectivity index (χ3v) is 8.65. The van der Waals surface area contributed by atoms with Crippen LogP contribution in [0.3, 0.4) is 0 Å². The maximum absolute atomic E-state index is 14.2. The molecule has 0 spiro atoms. The molecule has 10 heteroatoms. The minimum Gasteiger partial charge on any atom is -0.354 e. The lowest BCUT2D eigenvalue weighted by Gasteiger charge is -2.32. The molecule has 1 aliphatic heterocycles. The van der Waals surface area contributed by atoms with Gasteiger partial charge >= 0.3 is 0 Å². The van der Waals surface area contributed by atoms with E-state index in [0.717, 1.165) is 56.9 Å². The van der Waals surface area contributed by atoms with Crippen molar-refractivity contribution in [2.45, 2.75) is 108 Å². The Hall–Kier alpha value is -3.08. The highest BCUT2D eigenvalue weighted by atomic mass is 16.7. The van der Waals surface area contributed by atoms with Crippen molar-refractivity contribution in [2.75, 3.05) is 13.2 Å². The molecular weight excluding hydrogens is 534 g/mol. The zero-order valence-corrected chi connectivity index (χ0v) is 25.0. The molecule has 2 amide bonds. The number of rotatable bonds is 15. The first-order chi connectivity index (χ1) is 20.2. The van der Waals surface area contributed by atoms with E-state index in [-0.39, 0.29) is 36.6 Å². The Kier molecular flexibility index (Phi) is 11.3. The van der Waals surface area contributed by atoms with Crippen molar-refractivity contribution < 1.29 is 23.9 Å². The van der Waals surface area contributed by atoms with Crippen LogP contribution in [-0.2, 0) is 36.7 Å². The number of aromatic amines is 1. The van der Waals surface area contributed by atoms with Gasteiger partial charge in [0.2, 0.25) is 11.8 Å². The second kappa shape index (κ2) is 14.9. The summed E-state index contributed by atoms with van der Waals surface area (Å²) in [6.07, 6.45) is 10.7. The normalized spacial score (nSPS) is 23.2. The monoisotopic (exact) mass is 581 g/mol. The molecule has 4 rings (SSSR count). The predicted octanol–water partition coefficient (Wildman–Crippen LogP) is 3.35. The Morgan fingerprint density at radius 2 is 1.93 bits per heavy atom. The number of H-pyrrole nitrogens is 1. The van der Waals surface area contributed by atoms with E-state index in [2.05, 4.69) is 27.5 Å². The number of nitrogens with zero attached hydrogens (tertiary/aromatic N) is 1. The summed E-state index contributed by atoms with van der Waals surface area (Å²) in [5, 5.41) is 5.88. The first-order valence-corrected chi connectivity index (χ1v) is 15.4. The van der Waals surface area contributed by atoms with Crippen molar-refractivity contribution in [3.63, 3.8) is 0 Å². The van der Waals surface area contributed by atoms with E-state index in [9.17, 15) is 14.4 Å². The number of Topliss-reactive ketones (excluding diaryl/α,β-unsaturated/α-hetero) is 1. The minimum absolute atomic E-state index is 0.0678. The van der Waals surface area contributed by atoms with Crippen LogP contribution in [0.5, 0.6) is 0 Å². The number of hydrogen-bond donors (Lipinski definition) is 4. The molecule has 2 unspecified atom stereocenters. The van der Waals surface area contributed by atoms with Gasteiger partial charge < -0.3 is 30.8 Å². The van der Waals surface area contributed by atoms with E-state index in [1.807, 2.05) is 37.3 Å². The first kappa shape index (κ1) is 31.8. The third-order valence-electron chi connectivity index (χ3n) is 8.65. The zero-order chi connectivity index (χ0) is 30.0. The number of aromatic nitrogens is 2. The molecule has 5 N–H and O–H groups in total. The van der Waals surface area contributed by atoms with Crippen molar-refractivity contribution in [1.29, 1.82) is 0 Å². The van der Waals surface area contributed by atoms with Gasteiger partial charge in [0.15, 0.2) is 17.6 Å². The topological polar surface area (TPSA) is 148 Å². The lowest BCUT2D eigenvalue weighted by Crippen LogP contribution is -2.66. The summed E-state index contributed by atoms with van der Waals surface area (Å²) in [7, 11) is 0. The van der Waals surface area contributed by atoms with Crippen molar-refractivity contribution in [1.82, 2.24) is 20.6 Å². The summed E-state index contributed by atoms with van der Waals surface area (Å²) < 4.78 is 11.8. The predicted molar refractivity (Wildman–Crippen MR) is 159 cm³/mol. The fraction of sp³-hybridized carbons (Fsp3) is 0.625. The lowest BCUT2D eigenvalue weighted by atomic mass is 9.82. The van der Waals surface area contributed by atoms with Crippen LogP contribution in [-0.4, -0.2) is 64.2 Å². The smallest absolute Gasteiger partial charge is 0.248 e. The third kappa shape index (κ3) is 8.49. The molecule has 2 aliphatic rings. The van der Waals surface area contributed by atoms with Gasteiger partial charge in [-0.2, -0.15) is 0 Å². The Balaban J connectivity index is 1.44. The highest BCUT2D eigenvalue weighted by molar-refractivity contribution is 6.13. The second-order valence-electron chi connectivity index (χ2n) is 12.1. The standard InChI is InChI=1S/C32H47N5O5/c1-3-31(2)21-41-27(42-31)16-10-11-17-35-30(40)32(33,19-25-20-34-22-36-25)28(38)26(18-23-12-6-4-7-13-23)37-29(39)24-14-8-5-9-15-24/h4,6-7,12-13,20,22,24,26-27H,3,5,8-11,14-19,21,33H2,1-2H3,(H,34,36)(H,35,40)(H,37,39)/t26-,27?,31?,32+/m0/s1. The SMILES string of the molecule is CCC1(C)COC(CCCCNC(=O)[C@@](N)(Cc2cnc[nH]2)C(=O)[C@H](Cc2ccccc2)NC(=O)C2CCCCC2)O1. The Bertz CT molecular complexity index is 1150. The van der Waals surface area contributed by atoms with Crippen molar-refractivity contribution in [2.24, 2.45) is 11.7 Å². The van der Waals surface area contributed by atoms with E-state index < -0.39 is 23.3 Å². The molecule has 4 atom stereocenters. The van der Waals surface area contributed by atoms with Gasteiger partial charge in [-0.3, -0.25) is 14.4 Å². The van der Waals surface area contributed by atoms with Gasteiger partial charge in [-0.1, -0.05) is 56.5 Å². The van der Waals surface area contributed by atoms with E-state index in [1.165, 1.54) is 6.33 Å².